The number of aromatic amines is 1. The van der Waals surface area contributed by atoms with E-state index in [1.807, 2.05) is 44.7 Å². The van der Waals surface area contributed by atoms with Crippen molar-refractivity contribution >= 4 is 23.4 Å². The van der Waals surface area contributed by atoms with Gasteiger partial charge in [0.25, 0.3) is 0 Å². The van der Waals surface area contributed by atoms with E-state index in [1.54, 1.807) is 0 Å². The Morgan fingerprint density at radius 3 is 2.96 bits per heavy atom. The minimum absolute atomic E-state index is 0.0159. The Morgan fingerprint density at radius 2 is 2.30 bits per heavy atom. The predicted molar refractivity (Wildman–Crippen MR) is 91.8 cm³/mol. The van der Waals surface area contributed by atoms with Crippen LogP contribution in [0, 0.1) is 20.8 Å². The lowest BCUT2D eigenvalue weighted by molar-refractivity contribution is -0.117. The monoisotopic (exact) mass is 334 g/mol. The van der Waals surface area contributed by atoms with Crippen LogP contribution in [0.5, 0.6) is 0 Å². The molecule has 1 atom stereocenters. The highest BCUT2D eigenvalue weighted by molar-refractivity contribution is 7.99. The number of anilines is 1. The van der Waals surface area contributed by atoms with Crippen molar-refractivity contribution in [1.29, 1.82) is 0 Å². The van der Waals surface area contributed by atoms with E-state index in [9.17, 15) is 4.79 Å². The largest absolute Gasteiger partial charge is 0.465 e. The second-order valence-corrected chi connectivity index (χ2v) is 7.02. The average molecular weight is 334 g/mol. The molecule has 3 rings (SSSR count). The van der Waals surface area contributed by atoms with Gasteiger partial charge in [-0.3, -0.25) is 14.8 Å². The molecule has 3 heterocycles. The SMILES string of the molecule is Cc1ccc(C2CSCCN2CC(=O)Nc2c(C)n[nH]c2C)o1. The van der Waals surface area contributed by atoms with Gasteiger partial charge in [-0.1, -0.05) is 0 Å². The van der Waals surface area contributed by atoms with Gasteiger partial charge < -0.3 is 9.73 Å². The third kappa shape index (κ3) is 3.61. The van der Waals surface area contributed by atoms with Crippen molar-refractivity contribution < 1.29 is 9.21 Å². The predicted octanol–water partition coefficient (Wildman–Crippen LogP) is 2.66. The third-order valence-electron chi connectivity index (χ3n) is 4.07. The van der Waals surface area contributed by atoms with Gasteiger partial charge in [-0.2, -0.15) is 16.9 Å². The van der Waals surface area contributed by atoms with Crippen LogP contribution < -0.4 is 5.32 Å². The lowest BCUT2D eigenvalue weighted by atomic mass is 10.2. The van der Waals surface area contributed by atoms with Gasteiger partial charge in [-0.25, -0.2) is 0 Å². The minimum Gasteiger partial charge on any atom is -0.465 e. The number of furan rings is 1. The number of H-pyrrole nitrogens is 1. The molecule has 0 radical (unpaired) electrons. The number of thioether (sulfide) groups is 1. The van der Waals surface area contributed by atoms with Crippen LogP contribution >= 0.6 is 11.8 Å². The number of hydrogen-bond donors (Lipinski definition) is 2. The number of aromatic nitrogens is 2. The lowest BCUT2D eigenvalue weighted by Gasteiger charge is -2.33. The summed E-state index contributed by atoms with van der Waals surface area (Å²) in [5.41, 5.74) is 2.47. The van der Waals surface area contributed by atoms with Gasteiger partial charge >= 0.3 is 0 Å². The van der Waals surface area contributed by atoms with E-state index in [-0.39, 0.29) is 11.9 Å². The van der Waals surface area contributed by atoms with Crippen LogP contribution in [0.4, 0.5) is 5.69 Å². The molecule has 1 saturated heterocycles. The number of nitrogens with one attached hydrogen (secondary N) is 2. The molecule has 124 valence electrons. The summed E-state index contributed by atoms with van der Waals surface area (Å²) in [6.45, 7) is 6.97. The molecule has 0 saturated carbocycles. The van der Waals surface area contributed by atoms with Crippen LogP contribution in [0.3, 0.4) is 0 Å². The smallest absolute Gasteiger partial charge is 0.238 e. The number of carbonyl (C=O) groups is 1. The van der Waals surface area contributed by atoms with Crippen molar-refractivity contribution in [2.75, 3.05) is 29.9 Å². The fourth-order valence-corrected chi connectivity index (χ4v) is 3.95. The minimum atomic E-state index is -0.0159. The summed E-state index contributed by atoms with van der Waals surface area (Å²) in [7, 11) is 0. The van der Waals surface area contributed by atoms with Crippen LogP contribution in [0.2, 0.25) is 0 Å². The summed E-state index contributed by atoms with van der Waals surface area (Å²) < 4.78 is 5.78. The fraction of sp³-hybridized carbons (Fsp3) is 0.500. The quantitative estimate of drug-likeness (QED) is 0.899. The Labute approximate surface area is 140 Å². The standard InChI is InChI=1S/C16H22N4O2S/c1-10-4-5-14(22-10)13-9-23-7-6-20(13)8-15(21)17-16-11(2)18-19-12(16)3/h4-5,13H,6-9H2,1-3H3,(H,17,21)(H,18,19). The lowest BCUT2D eigenvalue weighted by Crippen LogP contribution is -2.41. The summed E-state index contributed by atoms with van der Waals surface area (Å²) in [5, 5.41) is 9.97. The van der Waals surface area contributed by atoms with Gasteiger partial charge in [-0.15, -0.1) is 0 Å². The van der Waals surface area contributed by atoms with Crippen molar-refractivity contribution in [3.8, 4) is 0 Å². The second kappa shape index (κ2) is 6.80. The molecule has 7 heteroatoms. The van der Waals surface area contributed by atoms with E-state index in [0.717, 1.165) is 46.6 Å². The highest BCUT2D eigenvalue weighted by Crippen LogP contribution is 2.30. The van der Waals surface area contributed by atoms with Crippen LogP contribution in [-0.4, -0.2) is 45.6 Å². The van der Waals surface area contributed by atoms with Crippen molar-refractivity contribution in [3.05, 3.63) is 35.0 Å². The molecule has 2 N–H and O–H groups in total. The van der Waals surface area contributed by atoms with Crippen LogP contribution in [0.25, 0.3) is 0 Å². The van der Waals surface area contributed by atoms with Crippen molar-refractivity contribution in [2.24, 2.45) is 0 Å². The first kappa shape index (κ1) is 16.1. The number of rotatable bonds is 4. The molecule has 6 nitrogen and oxygen atoms in total. The third-order valence-corrected chi connectivity index (χ3v) is 5.09. The van der Waals surface area contributed by atoms with Gasteiger partial charge in [0, 0.05) is 18.1 Å². The van der Waals surface area contributed by atoms with Crippen LogP contribution in [-0.2, 0) is 4.79 Å². The number of carbonyl (C=O) groups excluding carboxylic acids is 1. The zero-order valence-corrected chi connectivity index (χ0v) is 14.5. The van der Waals surface area contributed by atoms with Gasteiger partial charge in [0.2, 0.25) is 5.91 Å². The molecule has 0 aliphatic carbocycles. The second-order valence-electron chi connectivity index (χ2n) is 5.87. The maximum atomic E-state index is 12.4. The molecule has 1 amide bonds. The summed E-state index contributed by atoms with van der Waals surface area (Å²) in [5.74, 6) is 3.82. The zero-order chi connectivity index (χ0) is 16.4. The Kier molecular flexibility index (Phi) is 4.77. The van der Waals surface area contributed by atoms with Crippen LogP contribution in [0.15, 0.2) is 16.5 Å². The summed E-state index contributed by atoms with van der Waals surface area (Å²) >= 11 is 1.90. The Bertz CT molecular complexity index is 675. The number of nitrogens with zero attached hydrogens (tertiary/aromatic N) is 2. The van der Waals surface area contributed by atoms with Crippen LogP contribution in [0.1, 0.15) is 29.0 Å². The van der Waals surface area contributed by atoms with Gasteiger partial charge in [0.05, 0.1) is 29.7 Å². The van der Waals surface area contributed by atoms with E-state index in [1.165, 1.54) is 0 Å². The fourth-order valence-electron chi connectivity index (χ4n) is 2.82. The molecular formula is C16H22N4O2S. The maximum Gasteiger partial charge on any atom is 0.238 e. The van der Waals surface area contributed by atoms with Gasteiger partial charge in [0.15, 0.2) is 0 Å². The molecule has 0 spiro atoms. The highest BCUT2D eigenvalue weighted by Gasteiger charge is 2.28. The molecule has 1 aliphatic rings. The Morgan fingerprint density at radius 1 is 1.48 bits per heavy atom. The maximum absolute atomic E-state index is 12.4. The summed E-state index contributed by atoms with van der Waals surface area (Å²) in [6.07, 6.45) is 0. The molecule has 0 aromatic carbocycles. The van der Waals surface area contributed by atoms with Gasteiger partial charge in [0.1, 0.15) is 11.5 Å². The molecule has 1 unspecified atom stereocenters. The number of hydrogen-bond acceptors (Lipinski definition) is 5. The molecular weight excluding hydrogens is 312 g/mol. The van der Waals surface area contributed by atoms with E-state index >= 15 is 0 Å². The zero-order valence-electron chi connectivity index (χ0n) is 13.7. The molecule has 23 heavy (non-hydrogen) atoms. The molecule has 2 aromatic heterocycles. The van der Waals surface area contributed by atoms with E-state index < -0.39 is 0 Å². The van der Waals surface area contributed by atoms with E-state index in [2.05, 4.69) is 20.4 Å². The first-order valence-corrected chi connectivity index (χ1v) is 8.89. The summed E-state index contributed by atoms with van der Waals surface area (Å²) in [6, 6.07) is 4.14. The Balaban J connectivity index is 1.68. The molecule has 1 aliphatic heterocycles. The van der Waals surface area contributed by atoms with Gasteiger partial charge in [-0.05, 0) is 32.9 Å². The van der Waals surface area contributed by atoms with Crippen molar-refractivity contribution in [3.63, 3.8) is 0 Å². The van der Waals surface area contributed by atoms with Crippen molar-refractivity contribution in [2.45, 2.75) is 26.8 Å². The first-order chi connectivity index (χ1) is 11.0. The van der Waals surface area contributed by atoms with E-state index in [0.29, 0.717) is 6.54 Å². The number of aryl methyl sites for hydroxylation is 3. The average Bonchev–Trinajstić information content (AvgIpc) is 3.08. The normalized spacial score (nSPS) is 19.0. The molecule has 2 aromatic rings. The first-order valence-electron chi connectivity index (χ1n) is 7.74. The Hall–Kier alpha value is -1.73. The summed E-state index contributed by atoms with van der Waals surface area (Å²) in [4.78, 5) is 14.6. The highest BCUT2D eigenvalue weighted by atomic mass is 32.2. The number of amides is 1. The molecule has 1 fully saturated rings. The van der Waals surface area contributed by atoms with Crippen molar-refractivity contribution in [1.82, 2.24) is 15.1 Å². The van der Waals surface area contributed by atoms with E-state index in [4.69, 9.17) is 4.42 Å². The topological polar surface area (TPSA) is 74.2 Å². The molecule has 0 bridgehead atoms.